The number of hydrogen-bond acceptors (Lipinski definition) is 4. The minimum absolute atomic E-state index is 0.152. The van der Waals surface area contributed by atoms with Crippen molar-refractivity contribution < 1.29 is 14.4 Å². The zero-order valence-electron chi connectivity index (χ0n) is 10.4. The number of thioether (sulfide) groups is 1. The fourth-order valence-corrected chi connectivity index (χ4v) is 2.58. The Morgan fingerprint density at radius 2 is 2.05 bits per heavy atom. The molecule has 1 heterocycles. The lowest BCUT2D eigenvalue weighted by atomic mass is 10.2. The monoisotopic (exact) mass is 278 g/mol. The van der Waals surface area contributed by atoms with E-state index >= 15 is 0 Å². The molecule has 1 fully saturated rings. The van der Waals surface area contributed by atoms with Crippen LogP contribution in [0.25, 0.3) is 0 Å². The summed E-state index contributed by atoms with van der Waals surface area (Å²) in [5, 5.41) is 4.51. The molecule has 1 saturated heterocycles. The quantitative estimate of drug-likeness (QED) is 0.808. The average molecular weight is 278 g/mol. The van der Waals surface area contributed by atoms with Crippen LogP contribution >= 0.6 is 11.8 Å². The zero-order valence-corrected chi connectivity index (χ0v) is 11.3. The zero-order chi connectivity index (χ0) is 13.8. The van der Waals surface area contributed by atoms with Gasteiger partial charge in [0.1, 0.15) is 0 Å². The number of carbonyl (C=O) groups is 3. The summed E-state index contributed by atoms with van der Waals surface area (Å²) in [5.74, 6) is -0.611. The Bertz CT molecular complexity index is 513. The van der Waals surface area contributed by atoms with Crippen LogP contribution < -0.4 is 10.6 Å². The Labute approximate surface area is 115 Å². The molecule has 0 unspecified atom stereocenters. The summed E-state index contributed by atoms with van der Waals surface area (Å²) in [4.78, 5) is 34.0. The summed E-state index contributed by atoms with van der Waals surface area (Å²) >= 11 is 1.18. The standard InChI is InChI=1S/C13H14N2O3S/c1-8-2-4-9(5-3-8)14-12(17)7-19-10-6-11(16)15-13(10)18/h2-5,10H,6-7H2,1H3,(H,14,17)(H,15,16,18)/t10-/m1/s1. The number of imide groups is 1. The van der Waals surface area contributed by atoms with Gasteiger partial charge in [-0.3, -0.25) is 19.7 Å². The third-order valence-electron chi connectivity index (χ3n) is 2.68. The number of benzene rings is 1. The van der Waals surface area contributed by atoms with E-state index in [-0.39, 0.29) is 29.9 Å². The number of anilines is 1. The third kappa shape index (κ3) is 3.82. The number of hydrogen-bond donors (Lipinski definition) is 2. The first-order valence-electron chi connectivity index (χ1n) is 5.86. The van der Waals surface area contributed by atoms with Crippen LogP contribution in [0.1, 0.15) is 12.0 Å². The summed E-state index contributed by atoms with van der Waals surface area (Å²) in [7, 11) is 0. The minimum atomic E-state index is -0.448. The average Bonchev–Trinajstić information content (AvgIpc) is 2.68. The molecule has 0 aliphatic carbocycles. The van der Waals surface area contributed by atoms with Gasteiger partial charge in [0.2, 0.25) is 17.7 Å². The van der Waals surface area contributed by atoms with Crippen molar-refractivity contribution in [2.24, 2.45) is 0 Å². The molecule has 5 nitrogen and oxygen atoms in total. The largest absolute Gasteiger partial charge is 0.325 e. The molecule has 0 spiro atoms. The second kappa shape index (κ2) is 5.88. The predicted molar refractivity (Wildman–Crippen MR) is 73.8 cm³/mol. The third-order valence-corrected chi connectivity index (χ3v) is 3.89. The molecular formula is C13H14N2O3S. The van der Waals surface area contributed by atoms with Crippen LogP contribution in [-0.2, 0) is 14.4 Å². The molecular weight excluding hydrogens is 264 g/mol. The van der Waals surface area contributed by atoms with Crippen molar-refractivity contribution in [2.75, 3.05) is 11.1 Å². The Morgan fingerprint density at radius 3 is 2.63 bits per heavy atom. The van der Waals surface area contributed by atoms with Crippen LogP contribution in [0.4, 0.5) is 5.69 Å². The van der Waals surface area contributed by atoms with Gasteiger partial charge in [-0.25, -0.2) is 0 Å². The number of amides is 3. The molecule has 0 radical (unpaired) electrons. The highest BCUT2D eigenvalue weighted by Crippen LogP contribution is 2.19. The summed E-state index contributed by atoms with van der Waals surface area (Å²) in [5.41, 5.74) is 1.84. The van der Waals surface area contributed by atoms with Crippen molar-refractivity contribution in [2.45, 2.75) is 18.6 Å². The van der Waals surface area contributed by atoms with E-state index in [1.54, 1.807) is 0 Å². The van der Waals surface area contributed by atoms with Crippen molar-refractivity contribution in [1.82, 2.24) is 5.32 Å². The molecule has 1 atom stereocenters. The maximum atomic E-state index is 11.7. The van der Waals surface area contributed by atoms with Crippen LogP contribution in [0.2, 0.25) is 0 Å². The molecule has 1 aliphatic heterocycles. The Morgan fingerprint density at radius 1 is 1.37 bits per heavy atom. The Kier molecular flexibility index (Phi) is 4.21. The first-order valence-corrected chi connectivity index (χ1v) is 6.91. The van der Waals surface area contributed by atoms with E-state index in [0.717, 1.165) is 11.3 Å². The van der Waals surface area contributed by atoms with Crippen LogP contribution in [-0.4, -0.2) is 28.7 Å². The van der Waals surface area contributed by atoms with E-state index < -0.39 is 5.25 Å². The van der Waals surface area contributed by atoms with Crippen molar-refractivity contribution in [3.63, 3.8) is 0 Å². The van der Waals surface area contributed by atoms with Gasteiger partial charge in [-0.2, -0.15) is 0 Å². The second-order valence-electron chi connectivity index (χ2n) is 4.33. The molecule has 0 bridgehead atoms. The molecule has 0 saturated carbocycles. The highest BCUT2D eigenvalue weighted by atomic mass is 32.2. The molecule has 0 aromatic heterocycles. The molecule has 3 amide bonds. The topological polar surface area (TPSA) is 75.3 Å². The van der Waals surface area contributed by atoms with Crippen molar-refractivity contribution in [3.05, 3.63) is 29.8 Å². The number of nitrogens with one attached hydrogen (secondary N) is 2. The van der Waals surface area contributed by atoms with Gasteiger partial charge in [0.25, 0.3) is 0 Å². The van der Waals surface area contributed by atoms with Gasteiger partial charge < -0.3 is 5.32 Å². The Balaban J connectivity index is 1.80. The summed E-state index contributed by atoms with van der Waals surface area (Å²) in [6.07, 6.45) is 0.154. The lowest BCUT2D eigenvalue weighted by molar-refractivity contribution is -0.124. The van der Waals surface area contributed by atoms with Gasteiger partial charge in [0, 0.05) is 12.1 Å². The molecule has 1 aromatic carbocycles. The molecule has 100 valence electrons. The summed E-state index contributed by atoms with van der Waals surface area (Å²) < 4.78 is 0. The van der Waals surface area contributed by atoms with Gasteiger partial charge >= 0.3 is 0 Å². The van der Waals surface area contributed by atoms with Crippen LogP contribution in [0.3, 0.4) is 0 Å². The normalized spacial score (nSPS) is 18.3. The molecule has 19 heavy (non-hydrogen) atoms. The van der Waals surface area contributed by atoms with Gasteiger partial charge in [-0.05, 0) is 19.1 Å². The van der Waals surface area contributed by atoms with Gasteiger partial charge in [0.15, 0.2) is 0 Å². The summed E-state index contributed by atoms with van der Waals surface area (Å²) in [6.45, 7) is 1.97. The van der Waals surface area contributed by atoms with Gasteiger partial charge in [-0.1, -0.05) is 17.7 Å². The number of carbonyl (C=O) groups excluding carboxylic acids is 3. The van der Waals surface area contributed by atoms with E-state index in [9.17, 15) is 14.4 Å². The predicted octanol–water partition coefficient (Wildman–Crippen LogP) is 1.08. The van der Waals surface area contributed by atoms with Crippen molar-refractivity contribution in [1.29, 1.82) is 0 Å². The highest BCUT2D eigenvalue weighted by Gasteiger charge is 2.31. The van der Waals surface area contributed by atoms with Crippen molar-refractivity contribution in [3.8, 4) is 0 Å². The second-order valence-corrected chi connectivity index (χ2v) is 5.52. The van der Waals surface area contributed by atoms with Crippen LogP contribution in [0.15, 0.2) is 24.3 Å². The maximum absolute atomic E-state index is 11.7. The summed E-state index contributed by atoms with van der Waals surface area (Å²) in [6, 6.07) is 7.46. The van der Waals surface area contributed by atoms with Crippen LogP contribution in [0.5, 0.6) is 0 Å². The fraction of sp³-hybridized carbons (Fsp3) is 0.308. The molecule has 6 heteroatoms. The lowest BCUT2D eigenvalue weighted by Crippen LogP contribution is -2.24. The molecule has 2 N–H and O–H groups in total. The minimum Gasteiger partial charge on any atom is -0.325 e. The fourth-order valence-electron chi connectivity index (χ4n) is 1.67. The smallest absolute Gasteiger partial charge is 0.240 e. The number of aryl methyl sites for hydroxylation is 1. The highest BCUT2D eigenvalue weighted by molar-refractivity contribution is 8.01. The van der Waals surface area contributed by atoms with E-state index in [0.29, 0.717) is 0 Å². The molecule has 1 aromatic rings. The van der Waals surface area contributed by atoms with E-state index in [2.05, 4.69) is 10.6 Å². The van der Waals surface area contributed by atoms with Gasteiger partial charge in [-0.15, -0.1) is 11.8 Å². The Hall–Kier alpha value is -1.82. The number of rotatable bonds is 4. The lowest BCUT2D eigenvalue weighted by Gasteiger charge is -2.07. The molecule has 1 aliphatic rings. The SMILES string of the molecule is Cc1ccc(NC(=O)CS[C@@H]2CC(=O)NC2=O)cc1. The maximum Gasteiger partial charge on any atom is 0.240 e. The first-order chi connectivity index (χ1) is 9.04. The van der Waals surface area contributed by atoms with E-state index in [4.69, 9.17) is 0 Å². The first kappa shape index (κ1) is 13.6. The molecule has 2 rings (SSSR count). The van der Waals surface area contributed by atoms with E-state index in [1.807, 2.05) is 31.2 Å². The van der Waals surface area contributed by atoms with Crippen molar-refractivity contribution >= 4 is 35.2 Å². The van der Waals surface area contributed by atoms with Gasteiger partial charge in [0.05, 0.1) is 11.0 Å². The van der Waals surface area contributed by atoms with E-state index in [1.165, 1.54) is 11.8 Å². The van der Waals surface area contributed by atoms with Crippen LogP contribution in [0, 0.1) is 6.92 Å².